The summed E-state index contributed by atoms with van der Waals surface area (Å²) >= 11 is 0. The van der Waals surface area contributed by atoms with E-state index in [2.05, 4.69) is 0 Å². The van der Waals surface area contributed by atoms with Gasteiger partial charge in [0.1, 0.15) is 11.5 Å². The van der Waals surface area contributed by atoms with Gasteiger partial charge in [0.2, 0.25) is 0 Å². The van der Waals surface area contributed by atoms with Gasteiger partial charge in [-0.1, -0.05) is 35.9 Å². The SMILES string of the molecule is Cc1ccc2c(O)c3c(cc2c1)C(=O)c1c(O)cccc1C3=O. The molecule has 0 radical (unpaired) electrons. The molecule has 1 aliphatic rings. The number of hydrogen-bond acceptors (Lipinski definition) is 4. The molecule has 112 valence electrons. The Hall–Kier alpha value is -3.14. The monoisotopic (exact) mass is 304 g/mol. The van der Waals surface area contributed by atoms with Gasteiger partial charge in [0.25, 0.3) is 0 Å². The van der Waals surface area contributed by atoms with Crippen LogP contribution in [0.2, 0.25) is 0 Å². The molecule has 4 heteroatoms. The normalized spacial score (nSPS) is 13.1. The minimum absolute atomic E-state index is 0.00333. The lowest BCUT2D eigenvalue weighted by Gasteiger charge is -2.20. The number of aromatic hydroxyl groups is 2. The fourth-order valence-corrected chi connectivity index (χ4v) is 3.15. The zero-order valence-corrected chi connectivity index (χ0v) is 12.3. The molecule has 0 saturated carbocycles. The van der Waals surface area contributed by atoms with Crippen molar-refractivity contribution >= 4 is 22.3 Å². The molecule has 0 spiro atoms. The second-order valence-corrected chi connectivity index (χ2v) is 5.73. The minimum Gasteiger partial charge on any atom is -0.507 e. The summed E-state index contributed by atoms with van der Waals surface area (Å²) in [4.78, 5) is 25.4. The molecule has 0 aromatic heterocycles. The van der Waals surface area contributed by atoms with Crippen LogP contribution in [0.1, 0.15) is 37.4 Å². The van der Waals surface area contributed by atoms with Crippen LogP contribution in [0.4, 0.5) is 0 Å². The van der Waals surface area contributed by atoms with Gasteiger partial charge < -0.3 is 10.2 Å². The van der Waals surface area contributed by atoms with Crippen molar-refractivity contribution in [1.82, 2.24) is 0 Å². The molecular weight excluding hydrogens is 292 g/mol. The first-order valence-electron chi connectivity index (χ1n) is 7.16. The van der Waals surface area contributed by atoms with Crippen molar-refractivity contribution in [3.05, 3.63) is 70.3 Å². The Labute approximate surface area is 131 Å². The van der Waals surface area contributed by atoms with Gasteiger partial charge >= 0.3 is 0 Å². The summed E-state index contributed by atoms with van der Waals surface area (Å²) in [6, 6.07) is 11.4. The van der Waals surface area contributed by atoms with Gasteiger partial charge in [0.15, 0.2) is 11.6 Å². The maximum atomic E-state index is 12.7. The molecule has 0 aliphatic heterocycles. The lowest BCUT2D eigenvalue weighted by molar-refractivity contribution is 0.0974. The third-order valence-corrected chi connectivity index (χ3v) is 4.25. The van der Waals surface area contributed by atoms with Crippen molar-refractivity contribution < 1.29 is 19.8 Å². The Bertz CT molecular complexity index is 1030. The number of rotatable bonds is 0. The molecule has 2 N–H and O–H groups in total. The van der Waals surface area contributed by atoms with Gasteiger partial charge in [-0.25, -0.2) is 0 Å². The molecule has 1 aliphatic carbocycles. The average molecular weight is 304 g/mol. The molecule has 3 aromatic rings. The molecular formula is C19H12O4. The summed E-state index contributed by atoms with van der Waals surface area (Å²) < 4.78 is 0. The molecule has 4 rings (SSSR count). The highest BCUT2D eigenvalue weighted by Gasteiger charge is 2.34. The molecule has 0 unspecified atom stereocenters. The second-order valence-electron chi connectivity index (χ2n) is 5.73. The van der Waals surface area contributed by atoms with Crippen molar-refractivity contribution in [3.8, 4) is 11.5 Å². The van der Waals surface area contributed by atoms with Crippen LogP contribution in [0.25, 0.3) is 10.8 Å². The third kappa shape index (κ3) is 1.72. The molecule has 3 aromatic carbocycles. The van der Waals surface area contributed by atoms with E-state index in [1.165, 1.54) is 18.2 Å². The highest BCUT2D eigenvalue weighted by molar-refractivity contribution is 6.31. The molecule has 0 amide bonds. The van der Waals surface area contributed by atoms with Crippen LogP contribution in [0.15, 0.2) is 42.5 Å². The number of fused-ring (bicyclic) bond motifs is 3. The number of carbonyl (C=O) groups is 2. The first kappa shape index (κ1) is 13.5. The number of phenols is 2. The highest BCUT2D eigenvalue weighted by Crippen LogP contribution is 2.40. The van der Waals surface area contributed by atoms with E-state index in [-0.39, 0.29) is 33.8 Å². The van der Waals surface area contributed by atoms with Gasteiger partial charge in [0, 0.05) is 16.5 Å². The quantitative estimate of drug-likeness (QED) is 0.522. The minimum atomic E-state index is -0.453. The predicted octanol–water partition coefficient (Wildman–Crippen LogP) is 3.33. The van der Waals surface area contributed by atoms with Gasteiger partial charge in [-0.05, 0) is 24.4 Å². The van der Waals surface area contributed by atoms with Crippen LogP contribution < -0.4 is 0 Å². The second kappa shape index (κ2) is 4.43. The Morgan fingerprint density at radius 1 is 0.826 bits per heavy atom. The van der Waals surface area contributed by atoms with Gasteiger partial charge in [0.05, 0.1) is 11.1 Å². The van der Waals surface area contributed by atoms with Crippen LogP contribution in [0, 0.1) is 6.92 Å². The van der Waals surface area contributed by atoms with Crippen molar-refractivity contribution in [3.63, 3.8) is 0 Å². The lowest BCUT2D eigenvalue weighted by atomic mass is 9.81. The van der Waals surface area contributed by atoms with E-state index < -0.39 is 11.6 Å². The number of ketones is 2. The molecule has 0 fully saturated rings. The Balaban J connectivity index is 2.13. The van der Waals surface area contributed by atoms with E-state index in [1.807, 2.05) is 19.1 Å². The first-order valence-corrected chi connectivity index (χ1v) is 7.16. The van der Waals surface area contributed by atoms with E-state index in [9.17, 15) is 19.8 Å². The molecule has 23 heavy (non-hydrogen) atoms. The first-order chi connectivity index (χ1) is 11.0. The van der Waals surface area contributed by atoms with Crippen LogP contribution in [-0.4, -0.2) is 21.8 Å². The molecule has 0 bridgehead atoms. The molecule has 0 heterocycles. The summed E-state index contributed by atoms with van der Waals surface area (Å²) in [6.45, 7) is 1.91. The van der Waals surface area contributed by atoms with Crippen LogP contribution in [-0.2, 0) is 0 Å². The third-order valence-electron chi connectivity index (χ3n) is 4.25. The van der Waals surface area contributed by atoms with Crippen LogP contribution in [0.3, 0.4) is 0 Å². The molecule has 0 atom stereocenters. The van der Waals surface area contributed by atoms with Crippen molar-refractivity contribution in [2.45, 2.75) is 6.92 Å². The number of benzene rings is 3. The molecule has 4 nitrogen and oxygen atoms in total. The standard InChI is InChI=1S/C19H12O4/c1-9-5-6-11-10(7-9)8-13-16(17(11)21)18(22)12-3-2-4-14(20)15(12)19(13)23/h2-8,20-21H,1H3. The lowest BCUT2D eigenvalue weighted by Crippen LogP contribution is -2.21. The zero-order valence-electron chi connectivity index (χ0n) is 12.3. The average Bonchev–Trinajstić information content (AvgIpc) is 2.52. The number of phenolic OH excluding ortho intramolecular Hbond substituents is 2. The van der Waals surface area contributed by atoms with Crippen LogP contribution >= 0.6 is 0 Å². The fraction of sp³-hybridized carbons (Fsp3) is 0.0526. The summed E-state index contributed by atoms with van der Waals surface area (Å²) in [5, 5.41) is 21.7. The summed E-state index contributed by atoms with van der Waals surface area (Å²) in [5.74, 6) is -1.32. The fourth-order valence-electron chi connectivity index (χ4n) is 3.15. The maximum absolute atomic E-state index is 12.7. The van der Waals surface area contributed by atoms with Crippen LogP contribution in [0.5, 0.6) is 11.5 Å². The summed E-state index contributed by atoms with van der Waals surface area (Å²) in [6.07, 6.45) is 0. The van der Waals surface area contributed by atoms with E-state index in [1.54, 1.807) is 12.1 Å². The number of hydrogen-bond donors (Lipinski definition) is 2. The molecule has 0 saturated heterocycles. The van der Waals surface area contributed by atoms with E-state index in [0.29, 0.717) is 10.8 Å². The van der Waals surface area contributed by atoms with Gasteiger partial charge in [-0.3, -0.25) is 9.59 Å². The predicted molar refractivity (Wildman–Crippen MR) is 85.3 cm³/mol. The number of aryl methyl sites for hydroxylation is 1. The van der Waals surface area contributed by atoms with Crippen molar-refractivity contribution in [1.29, 1.82) is 0 Å². The van der Waals surface area contributed by atoms with Gasteiger partial charge in [-0.15, -0.1) is 0 Å². The van der Waals surface area contributed by atoms with E-state index in [4.69, 9.17) is 0 Å². The smallest absolute Gasteiger partial charge is 0.198 e. The van der Waals surface area contributed by atoms with Gasteiger partial charge in [-0.2, -0.15) is 0 Å². The van der Waals surface area contributed by atoms with E-state index >= 15 is 0 Å². The number of carbonyl (C=O) groups excluding carboxylic acids is 2. The Kier molecular flexibility index (Phi) is 2.60. The van der Waals surface area contributed by atoms with E-state index in [0.717, 1.165) is 5.56 Å². The topological polar surface area (TPSA) is 74.6 Å². The largest absolute Gasteiger partial charge is 0.507 e. The van der Waals surface area contributed by atoms with Crippen molar-refractivity contribution in [2.24, 2.45) is 0 Å². The summed E-state index contributed by atoms with van der Waals surface area (Å²) in [7, 11) is 0. The van der Waals surface area contributed by atoms with Crippen molar-refractivity contribution in [2.75, 3.05) is 0 Å². The zero-order chi connectivity index (χ0) is 16.3. The Morgan fingerprint density at radius 2 is 1.57 bits per heavy atom. The summed E-state index contributed by atoms with van der Waals surface area (Å²) in [5.41, 5.74) is 1.22. The maximum Gasteiger partial charge on any atom is 0.198 e. The Morgan fingerprint density at radius 3 is 2.35 bits per heavy atom. The highest BCUT2D eigenvalue weighted by atomic mass is 16.3.